The standard InChI is InChI=1S/C38H54N6O8/c1-28-7-8-33(30(3)23-28)40-35(45)24-31-9-14-48-19-20-51-18-13-43(39-27-52-22-21-49-15-10-31)25-34-41-37-29(2)5-4-6-32(37)38(47)44(34)26-36(46)42-11-16-50-17-12-42/h4-8,23,31,39H,9-22,24-27H2,1-3H3,(H,40,45). The van der Waals surface area contributed by atoms with Crippen LogP contribution >= 0.6 is 0 Å². The second-order valence-corrected chi connectivity index (χ2v) is 13.4. The summed E-state index contributed by atoms with van der Waals surface area (Å²) >= 11 is 0. The number of morpholine rings is 1. The molecule has 3 heterocycles. The summed E-state index contributed by atoms with van der Waals surface area (Å²) < 4.78 is 30.4. The van der Waals surface area contributed by atoms with Crippen molar-refractivity contribution in [1.82, 2.24) is 24.9 Å². The molecule has 2 N–H and O–H groups in total. The minimum atomic E-state index is -0.252. The van der Waals surface area contributed by atoms with E-state index in [4.69, 9.17) is 28.7 Å². The number of para-hydroxylation sites is 1. The summed E-state index contributed by atoms with van der Waals surface area (Å²) in [5.74, 6) is 0.408. The van der Waals surface area contributed by atoms with E-state index in [1.54, 1.807) is 11.0 Å². The van der Waals surface area contributed by atoms with E-state index in [1.807, 2.05) is 50.0 Å². The van der Waals surface area contributed by atoms with Gasteiger partial charge in [0, 0.05) is 45.0 Å². The zero-order valence-electron chi connectivity index (χ0n) is 30.8. The van der Waals surface area contributed by atoms with Gasteiger partial charge in [0.15, 0.2) is 0 Å². The molecule has 52 heavy (non-hydrogen) atoms. The Kier molecular flexibility index (Phi) is 15.5. The van der Waals surface area contributed by atoms with Gasteiger partial charge in [0.25, 0.3) is 5.56 Å². The molecule has 0 spiro atoms. The first-order valence-corrected chi connectivity index (χ1v) is 18.3. The highest BCUT2D eigenvalue weighted by molar-refractivity contribution is 5.91. The first-order chi connectivity index (χ1) is 25.3. The molecule has 14 nitrogen and oxygen atoms in total. The predicted molar refractivity (Wildman–Crippen MR) is 197 cm³/mol. The Morgan fingerprint density at radius 3 is 2.23 bits per heavy atom. The molecule has 2 saturated heterocycles. The molecule has 5 rings (SSSR count). The molecule has 2 aromatic carbocycles. The first-order valence-electron chi connectivity index (χ1n) is 18.3. The van der Waals surface area contributed by atoms with Crippen LogP contribution in [0.15, 0.2) is 41.2 Å². The molecule has 2 fully saturated rings. The van der Waals surface area contributed by atoms with Crippen LogP contribution in [0.1, 0.15) is 41.8 Å². The molecular weight excluding hydrogens is 668 g/mol. The third-order valence-electron chi connectivity index (χ3n) is 9.37. The number of nitrogens with one attached hydrogen (secondary N) is 2. The Morgan fingerprint density at radius 2 is 1.50 bits per heavy atom. The second kappa shape index (κ2) is 20.5. The van der Waals surface area contributed by atoms with Crippen molar-refractivity contribution in [2.45, 2.75) is 53.1 Å². The highest BCUT2D eigenvalue weighted by Crippen LogP contribution is 2.20. The maximum atomic E-state index is 13.8. The number of hydrazine groups is 1. The third kappa shape index (κ3) is 11.9. The van der Waals surface area contributed by atoms with Crippen molar-refractivity contribution in [2.24, 2.45) is 5.92 Å². The van der Waals surface area contributed by atoms with Crippen LogP contribution in [-0.4, -0.2) is 117 Å². The van der Waals surface area contributed by atoms with E-state index in [2.05, 4.69) is 16.8 Å². The second-order valence-electron chi connectivity index (χ2n) is 13.4. The fourth-order valence-corrected chi connectivity index (χ4v) is 6.34. The molecule has 1 atom stereocenters. The quantitative estimate of drug-likeness (QED) is 0.372. The predicted octanol–water partition coefficient (Wildman–Crippen LogP) is 2.95. The van der Waals surface area contributed by atoms with E-state index in [9.17, 15) is 14.4 Å². The molecule has 0 saturated carbocycles. The van der Waals surface area contributed by atoms with E-state index in [1.165, 1.54) is 4.57 Å². The van der Waals surface area contributed by atoms with Gasteiger partial charge >= 0.3 is 0 Å². The maximum Gasteiger partial charge on any atom is 0.261 e. The molecule has 2 amide bonds. The normalized spacial score (nSPS) is 19.5. The summed E-state index contributed by atoms with van der Waals surface area (Å²) in [6.07, 6.45) is 1.83. The summed E-state index contributed by atoms with van der Waals surface area (Å²) in [5, 5.41) is 5.43. The van der Waals surface area contributed by atoms with E-state index >= 15 is 0 Å². The van der Waals surface area contributed by atoms with Gasteiger partial charge in [0.2, 0.25) is 11.8 Å². The molecule has 0 radical (unpaired) electrons. The van der Waals surface area contributed by atoms with Crippen LogP contribution in [-0.2, 0) is 46.4 Å². The fraction of sp³-hybridized carbons (Fsp3) is 0.579. The van der Waals surface area contributed by atoms with Gasteiger partial charge in [-0.15, -0.1) is 0 Å². The van der Waals surface area contributed by atoms with E-state index in [0.29, 0.717) is 102 Å². The highest BCUT2D eigenvalue weighted by Gasteiger charge is 2.22. The number of rotatable bonds is 7. The zero-order chi connectivity index (χ0) is 36.7. The Bertz CT molecular complexity index is 1660. The lowest BCUT2D eigenvalue weighted by Crippen LogP contribution is -2.45. The average molecular weight is 723 g/mol. The number of fused-ring (bicyclic) bond motifs is 1. The Hall–Kier alpha value is -3.76. The van der Waals surface area contributed by atoms with Crippen LogP contribution in [0.25, 0.3) is 10.9 Å². The zero-order valence-corrected chi connectivity index (χ0v) is 30.8. The number of benzene rings is 2. The minimum absolute atomic E-state index is 0.0175. The number of carbonyl (C=O) groups is 2. The van der Waals surface area contributed by atoms with E-state index in [0.717, 1.165) is 35.2 Å². The van der Waals surface area contributed by atoms with Crippen molar-refractivity contribution >= 4 is 28.4 Å². The highest BCUT2D eigenvalue weighted by atomic mass is 16.5. The lowest BCUT2D eigenvalue weighted by molar-refractivity contribution is -0.136. The minimum Gasteiger partial charge on any atom is -0.379 e. The van der Waals surface area contributed by atoms with Gasteiger partial charge in [-0.25, -0.2) is 15.4 Å². The Labute approximate surface area is 305 Å². The summed E-state index contributed by atoms with van der Waals surface area (Å²) in [6, 6.07) is 11.5. The van der Waals surface area contributed by atoms with Crippen molar-refractivity contribution < 1.29 is 33.3 Å². The molecule has 2 aliphatic rings. The largest absolute Gasteiger partial charge is 0.379 e. The number of carbonyl (C=O) groups excluding carboxylic acids is 2. The smallest absolute Gasteiger partial charge is 0.261 e. The molecule has 0 bridgehead atoms. The lowest BCUT2D eigenvalue weighted by Gasteiger charge is -2.28. The van der Waals surface area contributed by atoms with Gasteiger partial charge in [-0.2, -0.15) is 0 Å². The first kappa shape index (κ1) is 39.4. The van der Waals surface area contributed by atoms with E-state index < -0.39 is 0 Å². The van der Waals surface area contributed by atoms with Gasteiger partial charge in [-0.3, -0.25) is 19.0 Å². The van der Waals surface area contributed by atoms with Crippen LogP contribution in [0, 0.1) is 26.7 Å². The molecule has 14 heteroatoms. The van der Waals surface area contributed by atoms with Crippen LogP contribution in [0.3, 0.4) is 0 Å². The SMILES string of the molecule is Cc1ccc(NC(=O)CC2CCOCCOCCN(Cc3nc4c(C)cccc4c(=O)n3CC(=O)N3CCOCC3)NCOCCOCC2)c(C)c1. The van der Waals surface area contributed by atoms with Crippen molar-refractivity contribution in [2.75, 3.05) is 91.1 Å². The molecule has 1 unspecified atom stereocenters. The molecule has 284 valence electrons. The average Bonchev–Trinajstić information content (AvgIpc) is 3.13. The number of nitrogens with zero attached hydrogens (tertiary/aromatic N) is 4. The number of aryl methyl sites for hydroxylation is 3. The number of anilines is 1. The number of ether oxygens (including phenoxy) is 5. The Morgan fingerprint density at radius 1 is 0.827 bits per heavy atom. The van der Waals surface area contributed by atoms with Crippen molar-refractivity contribution in [3.63, 3.8) is 0 Å². The summed E-state index contributed by atoms with van der Waals surface area (Å²) in [5.41, 5.74) is 7.57. The molecular formula is C38H54N6O8. The van der Waals surface area contributed by atoms with Crippen LogP contribution in [0.5, 0.6) is 0 Å². The van der Waals surface area contributed by atoms with E-state index in [-0.39, 0.29) is 43.1 Å². The maximum absolute atomic E-state index is 13.8. The lowest BCUT2D eigenvalue weighted by atomic mass is 9.97. The fourth-order valence-electron chi connectivity index (χ4n) is 6.34. The monoisotopic (exact) mass is 722 g/mol. The van der Waals surface area contributed by atoms with Crippen molar-refractivity contribution in [3.05, 3.63) is 69.3 Å². The van der Waals surface area contributed by atoms with Gasteiger partial charge in [-0.05, 0) is 62.8 Å². The van der Waals surface area contributed by atoms with Gasteiger partial charge in [0.1, 0.15) is 19.1 Å². The van der Waals surface area contributed by atoms with Crippen molar-refractivity contribution in [1.29, 1.82) is 0 Å². The Balaban J connectivity index is 1.18. The van der Waals surface area contributed by atoms with Gasteiger partial charge in [0.05, 0.1) is 63.7 Å². The van der Waals surface area contributed by atoms with Crippen LogP contribution in [0.2, 0.25) is 0 Å². The summed E-state index contributed by atoms with van der Waals surface area (Å²) in [7, 11) is 0. The number of aromatic nitrogens is 2. The number of amides is 2. The van der Waals surface area contributed by atoms with Gasteiger partial charge < -0.3 is 33.9 Å². The molecule has 2 aliphatic heterocycles. The van der Waals surface area contributed by atoms with Crippen LogP contribution in [0.4, 0.5) is 5.69 Å². The molecule has 0 aliphatic carbocycles. The topological polar surface area (TPSA) is 146 Å². The number of hydrogen-bond donors (Lipinski definition) is 2. The summed E-state index contributed by atoms with van der Waals surface area (Å²) in [4.78, 5) is 46.7. The molecule has 1 aromatic heterocycles. The van der Waals surface area contributed by atoms with Crippen molar-refractivity contribution in [3.8, 4) is 0 Å². The molecule has 3 aromatic rings. The summed E-state index contributed by atoms with van der Waals surface area (Å²) in [6.45, 7) is 11.6. The van der Waals surface area contributed by atoms with Crippen LogP contribution < -0.4 is 16.3 Å². The third-order valence-corrected chi connectivity index (χ3v) is 9.37. The number of hydrogen-bond acceptors (Lipinski definition) is 11. The van der Waals surface area contributed by atoms with Gasteiger partial charge in [-0.1, -0.05) is 29.8 Å².